The molecule has 0 spiro atoms. The Morgan fingerprint density at radius 2 is 2.12 bits per heavy atom. The van der Waals surface area contributed by atoms with E-state index in [1.165, 1.54) is 30.5 Å². The van der Waals surface area contributed by atoms with Gasteiger partial charge in [-0.15, -0.1) is 23.7 Å². The molecule has 2 N–H and O–H groups in total. The maximum absolute atomic E-state index is 5.66. The SMILES string of the molecule is Cl.c1ccc(-c2nc(CCNC3CCCC3C3COCCN3)cs2)cc1. The zero-order valence-corrected chi connectivity index (χ0v) is 16.7. The number of morpholine rings is 1. The van der Waals surface area contributed by atoms with Gasteiger partial charge in [-0.2, -0.15) is 0 Å². The molecule has 3 atom stereocenters. The summed E-state index contributed by atoms with van der Waals surface area (Å²) in [4.78, 5) is 4.80. The van der Waals surface area contributed by atoms with Crippen LogP contribution in [0, 0.1) is 5.92 Å². The van der Waals surface area contributed by atoms with Gasteiger partial charge >= 0.3 is 0 Å². The number of nitrogens with zero attached hydrogens (tertiary/aromatic N) is 1. The summed E-state index contributed by atoms with van der Waals surface area (Å²) >= 11 is 1.74. The lowest BCUT2D eigenvalue weighted by atomic mass is 9.94. The first-order valence-electron chi connectivity index (χ1n) is 9.44. The van der Waals surface area contributed by atoms with Crippen molar-refractivity contribution >= 4 is 23.7 Å². The first-order valence-corrected chi connectivity index (χ1v) is 10.3. The van der Waals surface area contributed by atoms with Gasteiger partial charge in [0.05, 0.1) is 18.9 Å². The third-order valence-corrected chi connectivity index (χ3v) is 6.34. The highest BCUT2D eigenvalue weighted by Crippen LogP contribution is 2.29. The number of rotatable bonds is 6. The van der Waals surface area contributed by atoms with Crippen LogP contribution in [0.2, 0.25) is 0 Å². The third kappa shape index (κ3) is 4.84. The summed E-state index contributed by atoms with van der Waals surface area (Å²) in [6.07, 6.45) is 4.93. The van der Waals surface area contributed by atoms with Gasteiger partial charge < -0.3 is 15.4 Å². The predicted molar refractivity (Wildman–Crippen MR) is 110 cm³/mol. The van der Waals surface area contributed by atoms with E-state index in [1.54, 1.807) is 11.3 Å². The Bertz CT molecular complexity index is 660. The molecule has 2 aliphatic rings. The van der Waals surface area contributed by atoms with Crippen molar-refractivity contribution in [2.24, 2.45) is 5.92 Å². The van der Waals surface area contributed by atoms with Crippen molar-refractivity contribution in [2.75, 3.05) is 26.3 Å². The topological polar surface area (TPSA) is 46.2 Å². The molecule has 26 heavy (non-hydrogen) atoms. The largest absolute Gasteiger partial charge is 0.379 e. The highest BCUT2D eigenvalue weighted by Gasteiger charge is 2.34. The Morgan fingerprint density at radius 1 is 1.23 bits per heavy atom. The molecule has 1 saturated carbocycles. The number of benzene rings is 1. The van der Waals surface area contributed by atoms with Crippen LogP contribution in [0.25, 0.3) is 10.6 Å². The molecule has 3 unspecified atom stereocenters. The van der Waals surface area contributed by atoms with E-state index in [9.17, 15) is 0 Å². The van der Waals surface area contributed by atoms with Crippen molar-refractivity contribution in [3.05, 3.63) is 41.4 Å². The minimum atomic E-state index is 0. The van der Waals surface area contributed by atoms with E-state index in [0.29, 0.717) is 18.0 Å². The van der Waals surface area contributed by atoms with Crippen LogP contribution in [0.1, 0.15) is 25.0 Å². The molecular formula is C20H28ClN3OS. The minimum absolute atomic E-state index is 0. The molecule has 1 aliphatic heterocycles. The summed E-state index contributed by atoms with van der Waals surface area (Å²) in [5.74, 6) is 0.704. The molecular weight excluding hydrogens is 366 g/mol. The van der Waals surface area contributed by atoms with Crippen LogP contribution in [-0.2, 0) is 11.2 Å². The molecule has 2 fully saturated rings. The van der Waals surface area contributed by atoms with Gasteiger partial charge in [-0.05, 0) is 18.8 Å². The predicted octanol–water partition coefficient (Wildman–Crippen LogP) is 3.52. The smallest absolute Gasteiger partial charge is 0.123 e. The zero-order chi connectivity index (χ0) is 16.9. The summed E-state index contributed by atoms with van der Waals surface area (Å²) in [7, 11) is 0. The van der Waals surface area contributed by atoms with Crippen LogP contribution < -0.4 is 10.6 Å². The number of nitrogens with one attached hydrogen (secondary N) is 2. The average molecular weight is 394 g/mol. The Labute approximate surface area is 166 Å². The number of ether oxygens (including phenoxy) is 1. The maximum atomic E-state index is 5.66. The van der Waals surface area contributed by atoms with E-state index in [4.69, 9.17) is 9.72 Å². The zero-order valence-electron chi connectivity index (χ0n) is 15.0. The van der Waals surface area contributed by atoms with Crippen molar-refractivity contribution in [3.8, 4) is 10.6 Å². The third-order valence-electron chi connectivity index (χ3n) is 5.40. The highest BCUT2D eigenvalue weighted by atomic mass is 35.5. The molecule has 4 nitrogen and oxygen atoms in total. The Balaban J connectivity index is 0.00000196. The lowest BCUT2D eigenvalue weighted by molar-refractivity contribution is 0.0526. The van der Waals surface area contributed by atoms with Gasteiger partial charge in [0.2, 0.25) is 0 Å². The van der Waals surface area contributed by atoms with Crippen LogP contribution in [0.3, 0.4) is 0 Å². The molecule has 1 aromatic heterocycles. The second-order valence-corrected chi connectivity index (χ2v) is 7.91. The maximum Gasteiger partial charge on any atom is 0.123 e. The Hall–Kier alpha value is -0.980. The first kappa shape index (κ1) is 19.8. The molecule has 6 heteroatoms. The molecule has 1 aromatic carbocycles. The van der Waals surface area contributed by atoms with Gasteiger partial charge in [-0.25, -0.2) is 4.98 Å². The van der Waals surface area contributed by atoms with Crippen molar-refractivity contribution in [1.82, 2.24) is 15.6 Å². The number of halogens is 1. The molecule has 1 aliphatic carbocycles. The Morgan fingerprint density at radius 3 is 2.92 bits per heavy atom. The van der Waals surface area contributed by atoms with Gasteiger partial charge in [0, 0.05) is 42.5 Å². The highest BCUT2D eigenvalue weighted by molar-refractivity contribution is 7.13. The normalized spacial score (nSPS) is 25.8. The first-order chi connectivity index (χ1) is 12.4. The van der Waals surface area contributed by atoms with E-state index in [-0.39, 0.29) is 12.4 Å². The molecule has 0 amide bonds. The van der Waals surface area contributed by atoms with Crippen molar-refractivity contribution in [3.63, 3.8) is 0 Å². The summed E-state index contributed by atoms with van der Waals surface area (Å²) in [6.45, 7) is 3.73. The van der Waals surface area contributed by atoms with Gasteiger partial charge in [-0.1, -0.05) is 36.8 Å². The van der Waals surface area contributed by atoms with Gasteiger partial charge in [0.15, 0.2) is 0 Å². The summed E-state index contributed by atoms with van der Waals surface area (Å²) in [5, 5.41) is 10.8. The lowest BCUT2D eigenvalue weighted by Crippen LogP contribution is -2.51. The monoisotopic (exact) mass is 393 g/mol. The van der Waals surface area contributed by atoms with Crippen molar-refractivity contribution in [1.29, 1.82) is 0 Å². The summed E-state index contributed by atoms with van der Waals surface area (Å²) in [6, 6.07) is 11.6. The molecule has 1 saturated heterocycles. The standard InChI is InChI=1S/C20H27N3OS.ClH/c1-2-5-15(6-3-1)20-23-16(14-25-20)9-10-21-18-8-4-7-17(18)19-13-24-12-11-22-19;/h1-3,5-6,14,17-19,21-22H,4,7-13H2;1H. The molecule has 2 heterocycles. The van der Waals surface area contributed by atoms with Crippen LogP contribution in [0.5, 0.6) is 0 Å². The van der Waals surface area contributed by atoms with Crippen molar-refractivity contribution in [2.45, 2.75) is 37.8 Å². The van der Waals surface area contributed by atoms with E-state index in [0.717, 1.165) is 37.7 Å². The molecule has 4 rings (SSSR count). The Kier molecular flexibility index (Phi) is 7.46. The molecule has 2 aromatic rings. The fourth-order valence-electron chi connectivity index (χ4n) is 4.11. The van der Waals surface area contributed by atoms with Gasteiger partial charge in [0.1, 0.15) is 5.01 Å². The van der Waals surface area contributed by atoms with Crippen LogP contribution in [0.4, 0.5) is 0 Å². The van der Waals surface area contributed by atoms with Crippen molar-refractivity contribution < 1.29 is 4.74 Å². The number of hydrogen-bond donors (Lipinski definition) is 2. The summed E-state index contributed by atoms with van der Waals surface area (Å²) < 4.78 is 5.66. The second-order valence-electron chi connectivity index (χ2n) is 7.05. The van der Waals surface area contributed by atoms with Crippen LogP contribution >= 0.6 is 23.7 Å². The minimum Gasteiger partial charge on any atom is -0.379 e. The average Bonchev–Trinajstić information content (AvgIpc) is 3.33. The van der Waals surface area contributed by atoms with Gasteiger partial charge in [0.25, 0.3) is 0 Å². The van der Waals surface area contributed by atoms with E-state index >= 15 is 0 Å². The number of aromatic nitrogens is 1. The fourth-order valence-corrected chi connectivity index (χ4v) is 4.97. The molecule has 0 bridgehead atoms. The molecule has 142 valence electrons. The number of hydrogen-bond acceptors (Lipinski definition) is 5. The van der Waals surface area contributed by atoms with E-state index < -0.39 is 0 Å². The fraction of sp³-hybridized carbons (Fsp3) is 0.550. The van der Waals surface area contributed by atoms with E-state index in [1.807, 2.05) is 6.07 Å². The second kappa shape index (κ2) is 9.81. The molecule has 0 radical (unpaired) electrons. The number of thiazole rings is 1. The van der Waals surface area contributed by atoms with Gasteiger partial charge in [-0.3, -0.25) is 0 Å². The van der Waals surface area contributed by atoms with Crippen LogP contribution in [0.15, 0.2) is 35.7 Å². The quantitative estimate of drug-likeness (QED) is 0.788. The lowest BCUT2D eigenvalue weighted by Gasteiger charge is -2.33. The van der Waals surface area contributed by atoms with E-state index in [2.05, 4.69) is 40.3 Å². The summed E-state index contributed by atoms with van der Waals surface area (Å²) in [5.41, 5.74) is 2.41. The van der Waals surface area contributed by atoms with Crippen LogP contribution in [-0.4, -0.2) is 43.4 Å².